The average Bonchev–Trinajstić information content (AvgIpc) is 2.88. The molecule has 0 bridgehead atoms. The van der Waals surface area contributed by atoms with E-state index in [-0.39, 0.29) is 6.04 Å². The van der Waals surface area contributed by atoms with Crippen LogP contribution in [-0.2, 0) is 10.9 Å². The molecule has 0 saturated heterocycles. The van der Waals surface area contributed by atoms with Gasteiger partial charge in [-0.3, -0.25) is 0 Å². The number of halogens is 3. The summed E-state index contributed by atoms with van der Waals surface area (Å²) in [7, 11) is 0. The zero-order valence-electron chi connectivity index (χ0n) is 11.4. The predicted octanol–water partition coefficient (Wildman–Crippen LogP) is 3.27. The molecule has 2 rings (SSSR count). The summed E-state index contributed by atoms with van der Waals surface area (Å²) < 4.78 is 43.0. The van der Waals surface area contributed by atoms with Crippen molar-refractivity contribution in [1.82, 2.24) is 0 Å². The summed E-state index contributed by atoms with van der Waals surface area (Å²) in [6.45, 7) is 5.53. The first kappa shape index (κ1) is 14.7. The molecule has 110 valence electrons. The molecule has 0 N–H and O–H groups in total. The summed E-state index contributed by atoms with van der Waals surface area (Å²) >= 11 is 0. The van der Waals surface area contributed by atoms with E-state index in [1.54, 1.807) is 6.92 Å². The van der Waals surface area contributed by atoms with Gasteiger partial charge in [0.15, 0.2) is 6.40 Å². The number of aliphatic imine (C=N–C) groups is 1. The number of nitrogens with zero attached hydrogens (tertiary/aromatic N) is 2. The number of benzene rings is 1. The van der Waals surface area contributed by atoms with Gasteiger partial charge in [-0.1, -0.05) is 0 Å². The minimum atomic E-state index is -4.30. The van der Waals surface area contributed by atoms with Gasteiger partial charge in [0.25, 0.3) is 0 Å². The van der Waals surface area contributed by atoms with Gasteiger partial charge in [0.1, 0.15) is 12.6 Å². The lowest BCUT2D eigenvalue weighted by Crippen LogP contribution is -2.32. The average molecular weight is 286 g/mol. The highest BCUT2D eigenvalue weighted by Crippen LogP contribution is 2.32. The molecule has 1 aromatic carbocycles. The van der Waals surface area contributed by atoms with Crippen LogP contribution in [0.1, 0.15) is 18.1 Å². The number of anilines is 1. The van der Waals surface area contributed by atoms with Gasteiger partial charge in [-0.25, -0.2) is 4.99 Å². The fourth-order valence-corrected chi connectivity index (χ4v) is 2.26. The first-order valence-electron chi connectivity index (χ1n) is 6.48. The maximum Gasteiger partial charge on any atom is 0.416 e. The van der Waals surface area contributed by atoms with Crippen LogP contribution in [0.5, 0.6) is 0 Å². The van der Waals surface area contributed by atoms with Gasteiger partial charge in [-0.15, -0.1) is 0 Å². The molecule has 1 aliphatic rings. The van der Waals surface area contributed by atoms with Crippen molar-refractivity contribution in [3.8, 4) is 0 Å². The Morgan fingerprint density at radius 2 is 2.15 bits per heavy atom. The van der Waals surface area contributed by atoms with Crippen molar-refractivity contribution in [1.29, 1.82) is 0 Å². The largest absolute Gasteiger partial charge is 0.481 e. The molecule has 1 atom stereocenters. The van der Waals surface area contributed by atoms with Crippen molar-refractivity contribution in [2.45, 2.75) is 26.1 Å². The number of alkyl halides is 3. The van der Waals surface area contributed by atoms with Crippen LogP contribution in [0.2, 0.25) is 0 Å². The van der Waals surface area contributed by atoms with E-state index in [1.165, 1.54) is 18.5 Å². The summed E-state index contributed by atoms with van der Waals surface area (Å²) in [6.07, 6.45) is -2.87. The maximum atomic E-state index is 12.7. The minimum Gasteiger partial charge on any atom is -0.481 e. The van der Waals surface area contributed by atoms with Crippen LogP contribution in [0.3, 0.4) is 0 Å². The van der Waals surface area contributed by atoms with Crippen LogP contribution in [0.25, 0.3) is 0 Å². The third-order valence-electron chi connectivity index (χ3n) is 3.31. The van der Waals surface area contributed by atoms with Crippen molar-refractivity contribution in [3.63, 3.8) is 0 Å². The predicted molar refractivity (Wildman–Crippen MR) is 72.3 cm³/mol. The van der Waals surface area contributed by atoms with Crippen LogP contribution in [0.4, 0.5) is 18.9 Å². The smallest absolute Gasteiger partial charge is 0.416 e. The molecule has 0 radical (unpaired) electrons. The summed E-state index contributed by atoms with van der Waals surface area (Å²) in [5, 5.41) is 0. The molecule has 0 saturated carbocycles. The highest BCUT2D eigenvalue weighted by molar-refractivity contribution is 5.55. The van der Waals surface area contributed by atoms with Crippen LogP contribution in [-0.4, -0.2) is 32.1 Å². The van der Waals surface area contributed by atoms with Crippen LogP contribution in [0, 0.1) is 6.92 Å². The molecule has 0 amide bonds. The number of aryl methyl sites for hydroxylation is 1. The Labute approximate surface area is 116 Å². The van der Waals surface area contributed by atoms with Crippen LogP contribution >= 0.6 is 0 Å². The molecule has 0 aromatic heterocycles. The summed E-state index contributed by atoms with van der Waals surface area (Å²) in [6, 6.07) is 3.88. The van der Waals surface area contributed by atoms with Crippen molar-refractivity contribution >= 4 is 12.1 Å². The Morgan fingerprint density at radius 3 is 2.65 bits per heavy atom. The van der Waals surface area contributed by atoms with E-state index < -0.39 is 11.7 Å². The van der Waals surface area contributed by atoms with Crippen molar-refractivity contribution in [2.24, 2.45) is 4.99 Å². The Morgan fingerprint density at radius 1 is 1.40 bits per heavy atom. The second-order valence-electron chi connectivity index (χ2n) is 4.78. The molecule has 0 spiro atoms. The third kappa shape index (κ3) is 3.23. The Balaban J connectivity index is 2.19. The fraction of sp³-hybridized carbons (Fsp3) is 0.500. The zero-order chi connectivity index (χ0) is 14.8. The van der Waals surface area contributed by atoms with E-state index in [1.807, 2.05) is 11.8 Å². The maximum absolute atomic E-state index is 12.7. The number of hydrogen-bond acceptors (Lipinski definition) is 3. The van der Waals surface area contributed by atoms with Gasteiger partial charge in [0, 0.05) is 18.8 Å². The molecule has 0 unspecified atom stereocenters. The molecule has 1 aromatic rings. The van der Waals surface area contributed by atoms with E-state index in [2.05, 4.69) is 4.99 Å². The molecule has 0 fully saturated rings. The van der Waals surface area contributed by atoms with Crippen LogP contribution in [0.15, 0.2) is 23.2 Å². The first-order valence-corrected chi connectivity index (χ1v) is 6.48. The molecule has 1 aliphatic heterocycles. The lowest BCUT2D eigenvalue weighted by Gasteiger charge is -2.27. The number of likely N-dealkylation sites (N-methyl/N-ethyl adjacent to an activating group) is 1. The molecule has 6 heteroatoms. The lowest BCUT2D eigenvalue weighted by molar-refractivity contribution is -0.137. The second kappa shape index (κ2) is 5.73. The van der Waals surface area contributed by atoms with E-state index in [0.29, 0.717) is 25.3 Å². The summed E-state index contributed by atoms with van der Waals surface area (Å²) in [4.78, 5) is 6.19. The normalized spacial score (nSPS) is 18.1. The number of rotatable bonds is 4. The SMILES string of the molecule is CCN(C[C@H]1COC=N1)c1ccc(C(F)(F)F)cc1C. The monoisotopic (exact) mass is 286 g/mol. The van der Waals surface area contributed by atoms with E-state index in [9.17, 15) is 13.2 Å². The summed E-state index contributed by atoms with van der Waals surface area (Å²) in [5.74, 6) is 0. The third-order valence-corrected chi connectivity index (χ3v) is 3.31. The molecule has 1 heterocycles. The van der Waals surface area contributed by atoms with E-state index in [4.69, 9.17) is 4.74 Å². The van der Waals surface area contributed by atoms with E-state index >= 15 is 0 Å². The Bertz CT molecular complexity index is 500. The topological polar surface area (TPSA) is 24.8 Å². The standard InChI is InChI=1S/C14H17F3N2O/c1-3-19(7-12-8-20-9-18-12)13-5-4-11(6-10(13)2)14(15,16)17/h4-6,9,12H,3,7-8H2,1-2H3/t12-/m0/s1. The highest BCUT2D eigenvalue weighted by Gasteiger charge is 2.31. The molecular formula is C14H17F3N2O. The fourth-order valence-electron chi connectivity index (χ4n) is 2.26. The number of ether oxygens (including phenoxy) is 1. The molecule has 3 nitrogen and oxygen atoms in total. The van der Waals surface area contributed by atoms with Crippen molar-refractivity contribution in [2.75, 3.05) is 24.6 Å². The minimum absolute atomic E-state index is 0.0386. The molecule has 20 heavy (non-hydrogen) atoms. The Kier molecular flexibility index (Phi) is 4.20. The van der Waals surface area contributed by atoms with Gasteiger partial charge < -0.3 is 9.64 Å². The molecule has 0 aliphatic carbocycles. The van der Waals surface area contributed by atoms with Gasteiger partial charge in [-0.05, 0) is 37.6 Å². The highest BCUT2D eigenvalue weighted by atomic mass is 19.4. The van der Waals surface area contributed by atoms with Crippen LogP contribution < -0.4 is 4.90 Å². The van der Waals surface area contributed by atoms with Gasteiger partial charge in [0.2, 0.25) is 0 Å². The first-order chi connectivity index (χ1) is 9.41. The van der Waals surface area contributed by atoms with Crippen molar-refractivity contribution < 1.29 is 17.9 Å². The Hall–Kier alpha value is -1.72. The zero-order valence-corrected chi connectivity index (χ0v) is 11.4. The summed E-state index contributed by atoms with van der Waals surface area (Å²) in [5.41, 5.74) is 0.809. The lowest BCUT2D eigenvalue weighted by atomic mass is 10.1. The quantitative estimate of drug-likeness (QED) is 0.848. The molecular weight excluding hydrogens is 269 g/mol. The van der Waals surface area contributed by atoms with E-state index in [0.717, 1.165) is 11.8 Å². The van der Waals surface area contributed by atoms with Crippen molar-refractivity contribution in [3.05, 3.63) is 29.3 Å². The van der Waals surface area contributed by atoms with Gasteiger partial charge in [0.05, 0.1) is 5.56 Å². The van der Waals surface area contributed by atoms with Gasteiger partial charge in [-0.2, -0.15) is 13.2 Å². The number of hydrogen-bond donors (Lipinski definition) is 0. The van der Waals surface area contributed by atoms with Gasteiger partial charge >= 0.3 is 6.18 Å². The second-order valence-corrected chi connectivity index (χ2v) is 4.78.